The fraction of sp³-hybridized carbons (Fsp3) is 0.500. The summed E-state index contributed by atoms with van der Waals surface area (Å²) in [4.78, 5) is 15.1. The normalized spacial score (nSPS) is 22.8. The summed E-state index contributed by atoms with van der Waals surface area (Å²) >= 11 is 7.58. The minimum atomic E-state index is 0.174. The van der Waals surface area contributed by atoms with Crippen LogP contribution >= 0.6 is 23.4 Å². The van der Waals surface area contributed by atoms with Crippen LogP contribution in [-0.4, -0.2) is 35.7 Å². The van der Waals surface area contributed by atoms with Gasteiger partial charge in [0.05, 0.1) is 10.8 Å². The number of benzene rings is 1. The quantitative estimate of drug-likeness (QED) is 0.869. The van der Waals surface area contributed by atoms with Crippen molar-refractivity contribution in [1.82, 2.24) is 4.90 Å². The largest absolute Gasteiger partial charge is 0.339 e. The topological polar surface area (TPSA) is 46.3 Å². The van der Waals surface area contributed by atoms with E-state index in [0.717, 1.165) is 17.9 Å². The Kier molecular flexibility index (Phi) is 5.13. The van der Waals surface area contributed by atoms with Crippen LogP contribution in [0, 0.1) is 5.92 Å². The zero-order chi connectivity index (χ0) is 13.8. The van der Waals surface area contributed by atoms with E-state index in [9.17, 15) is 4.79 Å². The summed E-state index contributed by atoms with van der Waals surface area (Å²) in [5.41, 5.74) is 5.68. The van der Waals surface area contributed by atoms with Crippen LogP contribution in [0.5, 0.6) is 0 Å². The average Bonchev–Trinajstić information content (AvgIpc) is 2.79. The summed E-state index contributed by atoms with van der Waals surface area (Å²) in [6.07, 6.45) is 1.01. The van der Waals surface area contributed by atoms with Crippen molar-refractivity contribution in [1.29, 1.82) is 0 Å². The number of nitrogens with zero attached hydrogens (tertiary/aromatic N) is 1. The van der Waals surface area contributed by atoms with Gasteiger partial charge in [-0.15, -0.1) is 11.8 Å². The van der Waals surface area contributed by atoms with Crippen LogP contribution in [0.2, 0.25) is 5.02 Å². The van der Waals surface area contributed by atoms with Crippen LogP contribution in [0.25, 0.3) is 0 Å². The van der Waals surface area contributed by atoms with Gasteiger partial charge in [-0.3, -0.25) is 4.79 Å². The lowest BCUT2D eigenvalue weighted by molar-refractivity contribution is -0.128. The van der Waals surface area contributed by atoms with E-state index in [1.54, 1.807) is 0 Å². The maximum absolute atomic E-state index is 12.2. The van der Waals surface area contributed by atoms with Crippen LogP contribution < -0.4 is 5.73 Å². The lowest BCUT2D eigenvalue weighted by atomic mass is 10.1. The van der Waals surface area contributed by atoms with Gasteiger partial charge in [0.15, 0.2) is 0 Å². The first-order valence-electron chi connectivity index (χ1n) is 6.48. The second kappa shape index (κ2) is 6.64. The van der Waals surface area contributed by atoms with Gasteiger partial charge in [-0.2, -0.15) is 0 Å². The van der Waals surface area contributed by atoms with Crippen LogP contribution in [0.15, 0.2) is 29.2 Å². The van der Waals surface area contributed by atoms with Gasteiger partial charge in [-0.05, 0) is 37.9 Å². The predicted octanol–water partition coefficient (Wildman–Crippen LogP) is 2.63. The summed E-state index contributed by atoms with van der Waals surface area (Å²) < 4.78 is 0. The number of halogens is 1. The van der Waals surface area contributed by atoms with Crippen molar-refractivity contribution in [3.05, 3.63) is 29.3 Å². The molecule has 2 rings (SSSR count). The van der Waals surface area contributed by atoms with Crippen molar-refractivity contribution in [3.63, 3.8) is 0 Å². The predicted molar refractivity (Wildman–Crippen MR) is 80.5 cm³/mol. The van der Waals surface area contributed by atoms with Crippen LogP contribution in [0.4, 0.5) is 0 Å². The number of amides is 1. The summed E-state index contributed by atoms with van der Waals surface area (Å²) in [5.74, 6) is 1.06. The van der Waals surface area contributed by atoms with Crippen LogP contribution in [-0.2, 0) is 4.79 Å². The van der Waals surface area contributed by atoms with Gasteiger partial charge in [-0.25, -0.2) is 0 Å². The third-order valence-corrected chi connectivity index (χ3v) is 5.00. The Bertz CT molecular complexity index is 455. The van der Waals surface area contributed by atoms with E-state index >= 15 is 0 Å². The van der Waals surface area contributed by atoms with Gasteiger partial charge in [0.25, 0.3) is 0 Å². The molecule has 1 amide bonds. The summed E-state index contributed by atoms with van der Waals surface area (Å²) in [6.45, 7) is 3.54. The molecular formula is C14H19ClN2OS. The third-order valence-electron chi connectivity index (χ3n) is 3.50. The van der Waals surface area contributed by atoms with E-state index in [1.807, 2.05) is 29.2 Å². The zero-order valence-corrected chi connectivity index (χ0v) is 12.6. The molecule has 2 unspecified atom stereocenters. The highest BCUT2D eigenvalue weighted by Gasteiger charge is 2.31. The van der Waals surface area contributed by atoms with E-state index in [2.05, 4.69) is 6.92 Å². The molecule has 0 bridgehead atoms. The third kappa shape index (κ3) is 3.65. The molecule has 1 aromatic carbocycles. The molecule has 19 heavy (non-hydrogen) atoms. The number of hydrogen-bond acceptors (Lipinski definition) is 3. The van der Waals surface area contributed by atoms with Crippen molar-refractivity contribution in [3.8, 4) is 0 Å². The molecule has 2 atom stereocenters. The number of carbonyl (C=O) groups excluding carboxylic acids is 1. The maximum atomic E-state index is 12.2. The standard InChI is InChI=1S/C14H19ClN2OS/c1-10-6-11(7-16)8-17(10)14(18)9-19-13-5-3-2-4-12(13)15/h2-5,10-11H,6-9,16H2,1H3. The number of likely N-dealkylation sites (tertiary alicyclic amines) is 1. The molecule has 0 spiro atoms. The highest BCUT2D eigenvalue weighted by Crippen LogP contribution is 2.28. The van der Waals surface area contributed by atoms with Gasteiger partial charge in [0, 0.05) is 17.5 Å². The smallest absolute Gasteiger partial charge is 0.233 e. The van der Waals surface area contributed by atoms with Gasteiger partial charge in [0.1, 0.15) is 0 Å². The minimum Gasteiger partial charge on any atom is -0.339 e. The lowest BCUT2D eigenvalue weighted by Crippen LogP contribution is -2.35. The Morgan fingerprint density at radius 3 is 2.89 bits per heavy atom. The van der Waals surface area contributed by atoms with E-state index < -0.39 is 0 Å². The SMILES string of the molecule is CC1CC(CN)CN1C(=O)CSc1ccccc1Cl. The van der Waals surface area contributed by atoms with E-state index in [1.165, 1.54) is 11.8 Å². The maximum Gasteiger partial charge on any atom is 0.233 e. The van der Waals surface area contributed by atoms with Crippen molar-refractivity contribution < 1.29 is 4.79 Å². The van der Waals surface area contributed by atoms with Gasteiger partial charge in [-0.1, -0.05) is 23.7 Å². The molecular weight excluding hydrogens is 280 g/mol. The number of nitrogens with two attached hydrogens (primary N) is 1. The Hall–Kier alpha value is -0.710. The van der Waals surface area contributed by atoms with Gasteiger partial charge in [0.2, 0.25) is 5.91 Å². The molecule has 1 aliphatic heterocycles. The van der Waals surface area contributed by atoms with Crippen molar-refractivity contribution in [2.45, 2.75) is 24.3 Å². The van der Waals surface area contributed by atoms with E-state index in [0.29, 0.717) is 29.3 Å². The Morgan fingerprint density at radius 1 is 1.53 bits per heavy atom. The highest BCUT2D eigenvalue weighted by molar-refractivity contribution is 8.00. The number of carbonyl (C=O) groups is 1. The van der Waals surface area contributed by atoms with Gasteiger partial charge < -0.3 is 10.6 Å². The molecule has 0 aromatic heterocycles. The molecule has 0 radical (unpaired) electrons. The Labute approximate surface area is 123 Å². The molecule has 3 nitrogen and oxygen atoms in total. The number of hydrogen-bond donors (Lipinski definition) is 1. The summed E-state index contributed by atoms with van der Waals surface area (Å²) in [5, 5.41) is 0.703. The monoisotopic (exact) mass is 298 g/mol. The molecule has 0 aliphatic carbocycles. The van der Waals surface area contributed by atoms with Crippen molar-refractivity contribution in [2.24, 2.45) is 11.7 Å². The van der Waals surface area contributed by atoms with E-state index in [4.69, 9.17) is 17.3 Å². The second-order valence-electron chi connectivity index (χ2n) is 4.95. The number of thioether (sulfide) groups is 1. The Morgan fingerprint density at radius 2 is 2.26 bits per heavy atom. The van der Waals surface area contributed by atoms with E-state index in [-0.39, 0.29) is 5.91 Å². The summed E-state index contributed by atoms with van der Waals surface area (Å²) in [6, 6.07) is 7.91. The van der Waals surface area contributed by atoms with Gasteiger partial charge >= 0.3 is 0 Å². The molecule has 1 fully saturated rings. The fourth-order valence-electron chi connectivity index (χ4n) is 2.44. The molecule has 1 aliphatic rings. The molecule has 1 aromatic rings. The first-order chi connectivity index (χ1) is 9.11. The van der Waals surface area contributed by atoms with Crippen molar-refractivity contribution in [2.75, 3.05) is 18.8 Å². The van der Waals surface area contributed by atoms with Crippen molar-refractivity contribution >= 4 is 29.3 Å². The average molecular weight is 299 g/mol. The molecule has 104 valence electrons. The number of rotatable bonds is 4. The first-order valence-corrected chi connectivity index (χ1v) is 7.85. The molecule has 0 saturated carbocycles. The molecule has 2 N–H and O–H groups in total. The molecule has 5 heteroatoms. The Balaban J connectivity index is 1.90. The fourth-order valence-corrected chi connectivity index (χ4v) is 3.57. The minimum absolute atomic E-state index is 0.174. The zero-order valence-electron chi connectivity index (χ0n) is 11.0. The van der Waals surface area contributed by atoms with Crippen LogP contribution in [0.3, 0.4) is 0 Å². The lowest BCUT2D eigenvalue weighted by Gasteiger charge is -2.21. The first kappa shape index (κ1) is 14.7. The summed E-state index contributed by atoms with van der Waals surface area (Å²) in [7, 11) is 0. The molecule has 1 heterocycles. The second-order valence-corrected chi connectivity index (χ2v) is 6.38. The van der Waals surface area contributed by atoms with Crippen LogP contribution in [0.1, 0.15) is 13.3 Å². The highest BCUT2D eigenvalue weighted by atomic mass is 35.5. The molecule has 1 saturated heterocycles.